The van der Waals surface area contributed by atoms with Gasteiger partial charge in [-0.25, -0.2) is 16.3 Å². The minimum Gasteiger partial charge on any atom is -0.809 e. The van der Waals surface area contributed by atoms with Crippen molar-refractivity contribution in [3.63, 3.8) is 0 Å². The molecule has 43 heteroatoms. The molecule has 4 N–H and O–H groups in total. The van der Waals surface area contributed by atoms with E-state index in [1.807, 2.05) is 0 Å². The molecule has 47 heavy (non-hydrogen) atoms. The Morgan fingerprint density at radius 2 is 0.426 bits per heavy atom. The van der Waals surface area contributed by atoms with E-state index in [-0.39, 0.29) is 71.7 Å². The first-order chi connectivity index (χ1) is 18.9. The Hall–Kier alpha value is 4.60. The van der Waals surface area contributed by atoms with E-state index in [0.29, 0.717) is 0 Å². The molecule has 272 valence electrons. The summed E-state index contributed by atoms with van der Waals surface area (Å²) < 4.78 is 92.5. The number of aliphatic hydroxyl groups excluding tert-OH is 4. The summed E-state index contributed by atoms with van der Waals surface area (Å²) in [6.07, 6.45) is 0. The fourth-order valence-electron chi connectivity index (χ4n) is 0.835. The maximum atomic E-state index is 10.2. The zero-order valence-corrected chi connectivity index (χ0v) is 39.2. The fraction of sp³-hybridized carbons (Fsp3) is 1.00. The van der Waals surface area contributed by atoms with Crippen molar-refractivity contribution in [2.75, 3.05) is 0 Å². The van der Waals surface area contributed by atoms with Gasteiger partial charge in [-0.3, -0.25) is 0 Å². The monoisotopic (exact) mass is 1250 g/mol. The molecule has 0 amide bonds. The van der Waals surface area contributed by atoms with E-state index in [9.17, 15) is 95.2 Å². The molecule has 0 aliphatic carbocycles. The van der Waals surface area contributed by atoms with Crippen molar-refractivity contribution in [3.05, 3.63) is 0 Å². The van der Waals surface area contributed by atoms with Crippen molar-refractivity contribution in [2.24, 2.45) is 0 Å². The molecular formula is C4H8Cl4O28P8Sn3. The van der Waals surface area contributed by atoms with Crippen molar-refractivity contribution in [1.29, 1.82) is 0 Å². The van der Waals surface area contributed by atoms with Crippen LogP contribution in [0.5, 0.6) is 0 Å². The number of halogens is 4. The van der Waals surface area contributed by atoms with E-state index >= 15 is 0 Å². The first-order valence-corrected chi connectivity index (χ1v) is 22.2. The van der Waals surface area contributed by atoms with Gasteiger partial charge in [0, 0.05) is 0 Å². The topological polar surface area (TPSA) is 531 Å². The molecule has 8 atom stereocenters. The third kappa shape index (κ3) is 28.6. The van der Waals surface area contributed by atoms with Crippen LogP contribution in [0.2, 0.25) is 0 Å². The van der Waals surface area contributed by atoms with Crippen LogP contribution in [0.1, 0.15) is 0 Å². The second-order valence-corrected chi connectivity index (χ2v) is 22.4. The average Bonchev–Trinajstić information content (AvgIpc) is 2.85. The van der Waals surface area contributed by atoms with Crippen molar-refractivity contribution in [1.82, 2.24) is 0 Å². The zero-order valence-electron chi connectivity index (χ0n) is 20.5. The van der Waals surface area contributed by atoms with Crippen LogP contribution in [0.4, 0.5) is 0 Å². The van der Waals surface area contributed by atoms with Gasteiger partial charge in [-0.15, -0.1) is 0 Å². The van der Waals surface area contributed by atoms with E-state index in [4.69, 9.17) is 20.4 Å². The molecule has 0 spiro atoms. The minimum atomic E-state index is -5.62. The molecule has 0 aromatic heterocycles. The van der Waals surface area contributed by atoms with Gasteiger partial charge in [0.05, 0.1) is 47.5 Å². The van der Waals surface area contributed by atoms with Crippen LogP contribution < -0.4 is 58.7 Å². The van der Waals surface area contributed by atoms with Crippen molar-refractivity contribution in [3.8, 4) is 0 Å². The summed E-state index contributed by atoms with van der Waals surface area (Å²) in [4.78, 5) is 120. The van der Waals surface area contributed by atoms with E-state index in [1.54, 1.807) is 0 Å². The summed E-state index contributed by atoms with van der Waals surface area (Å²) in [6, 6.07) is 0. The molecule has 8 unspecified atom stereocenters. The van der Waals surface area contributed by atoms with E-state index in [1.165, 1.54) is 0 Å². The number of hydrogen-bond acceptors (Lipinski definition) is 28. The molecule has 0 bridgehead atoms. The van der Waals surface area contributed by atoms with Crippen LogP contribution >= 0.6 is 108 Å². The number of aliphatic hydroxyl groups is 4. The molecule has 0 aliphatic rings. The SMILES string of the molecule is O=P([O-])([O-])C(O)P(=O)([O-])OCl.O=P([O-])([O-])C(O)P(=O)([O-])OCl.O=P([O-])([O-])C(O)P(=O)([O-])OCl.O=P([O-])([O-])C(O)P(=O)([O-])OCl.[Sn+4].[Sn+4].[Sn+4]. The maximum absolute atomic E-state index is 10.2. The Balaban J connectivity index is -0.0000000889. The van der Waals surface area contributed by atoms with E-state index in [0.717, 1.165) is 0 Å². The van der Waals surface area contributed by atoms with E-state index in [2.05, 4.69) is 63.8 Å². The zero-order chi connectivity index (χ0) is 37.1. The average molecular weight is 1250 g/mol. The van der Waals surface area contributed by atoms with Gasteiger partial charge in [-0.1, -0.05) is 0 Å². The Morgan fingerprint density at radius 1 is 0.340 bits per heavy atom. The Bertz CT molecular complexity index is 1080. The van der Waals surface area contributed by atoms with Gasteiger partial charge in [-0.05, 0) is 30.4 Å². The van der Waals surface area contributed by atoms with Crippen LogP contribution in [0.15, 0.2) is 0 Å². The quantitative estimate of drug-likeness (QED) is 0.104. The molecule has 0 rings (SSSR count). The van der Waals surface area contributed by atoms with Gasteiger partial charge in [-0.2, -0.15) is 0 Å². The van der Waals surface area contributed by atoms with Crippen LogP contribution in [0.3, 0.4) is 0 Å². The molecule has 0 aromatic rings. The van der Waals surface area contributed by atoms with Crippen LogP contribution in [0, 0.1) is 0 Å². The fourth-order valence-corrected chi connectivity index (χ4v) is 8.80. The molecule has 0 saturated carbocycles. The normalized spacial score (nSPS) is 19.5. The molecular weight excluding hydrogens is 1240 g/mol. The predicted molar refractivity (Wildman–Crippen MR) is 130 cm³/mol. The largest absolute Gasteiger partial charge is 4.00 e. The molecule has 0 fully saturated rings. The summed E-state index contributed by atoms with van der Waals surface area (Å²) in [7, 11) is -43.3. The first-order valence-electron chi connectivity index (χ1n) is 8.10. The Morgan fingerprint density at radius 3 is 0.447 bits per heavy atom. The third-order valence-electron chi connectivity index (χ3n) is 2.65. The standard InChI is InChI=1S/4CH5ClO7P2.3Sn/c4*2-9-11(7,8)1(3)10(4,5)6;;;/h4*1,3H,(H,7,8)(H2,4,5,6);;;/q;;;;3*+4/p-12. The second-order valence-electron chi connectivity index (χ2n) is 5.98. The summed E-state index contributed by atoms with van der Waals surface area (Å²) in [6.45, 7) is 0. The number of rotatable bonds is 12. The van der Waals surface area contributed by atoms with Crippen LogP contribution in [-0.2, 0) is 52.8 Å². The molecule has 0 saturated heterocycles. The second kappa shape index (κ2) is 26.4. The van der Waals surface area contributed by atoms with Crippen molar-refractivity contribution in [2.45, 2.75) is 22.3 Å². The Kier molecular flexibility index (Phi) is 37.4. The van der Waals surface area contributed by atoms with Gasteiger partial charge in [0.25, 0.3) is 0 Å². The summed E-state index contributed by atoms with van der Waals surface area (Å²) in [5, 5.41) is 33.0. The van der Waals surface area contributed by atoms with Crippen molar-refractivity contribution < 1.29 is 132 Å². The molecule has 0 radical (unpaired) electrons. The minimum absolute atomic E-state index is 0. The van der Waals surface area contributed by atoms with Crippen LogP contribution in [0.25, 0.3) is 0 Å². The van der Waals surface area contributed by atoms with Gasteiger partial charge < -0.3 is 116 Å². The summed E-state index contributed by atoms with van der Waals surface area (Å²) in [5.74, 6) is 0. The van der Waals surface area contributed by atoms with E-state index < -0.39 is 83.1 Å². The molecule has 0 heterocycles. The van der Waals surface area contributed by atoms with Gasteiger partial charge in [0.1, 0.15) is 22.3 Å². The molecule has 28 nitrogen and oxygen atoms in total. The number of hydrogen-bond donors (Lipinski definition) is 4. The smallest absolute Gasteiger partial charge is 0.809 e. The molecule has 0 aliphatic heterocycles. The summed E-state index contributed by atoms with van der Waals surface area (Å²) >= 11 is 17.0. The van der Waals surface area contributed by atoms with Crippen LogP contribution in [-0.4, -0.2) is 114 Å². The Labute approximate surface area is 331 Å². The first kappa shape index (κ1) is 66.4. The maximum Gasteiger partial charge on any atom is 4.00 e. The van der Waals surface area contributed by atoms with Gasteiger partial charge in [0.15, 0.2) is 30.4 Å². The van der Waals surface area contributed by atoms with Gasteiger partial charge in [0.2, 0.25) is 0 Å². The molecule has 0 aromatic carbocycles. The predicted octanol–water partition coefficient (Wildman–Crippen LogP) is -9.54. The van der Waals surface area contributed by atoms with Gasteiger partial charge >= 0.3 is 71.7 Å². The third-order valence-corrected chi connectivity index (χ3v) is 17.0. The van der Waals surface area contributed by atoms with Crippen molar-refractivity contribution >= 4 is 180 Å². The summed E-state index contributed by atoms with van der Waals surface area (Å²) in [5.41, 5.74) is -12.5.